The van der Waals surface area contributed by atoms with Gasteiger partial charge in [-0.2, -0.15) is 5.10 Å². The molecule has 2 heterocycles. The molecule has 1 fully saturated rings. The summed E-state index contributed by atoms with van der Waals surface area (Å²) < 4.78 is 1.81. The minimum absolute atomic E-state index is 0.0870. The third kappa shape index (κ3) is 3.18. The summed E-state index contributed by atoms with van der Waals surface area (Å²) in [6.45, 7) is 7.14. The summed E-state index contributed by atoms with van der Waals surface area (Å²) in [7, 11) is 0. The van der Waals surface area contributed by atoms with Crippen molar-refractivity contribution in [3.63, 3.8) is 0 Å². The molecule has 1 aliphatic heterocycles. The number of aromatic nitrogens is 2. The molecule has 6 heteroatoms. The molecule has 0 aliphatic carbocycles. The first kappa shape index (κ1) is 14.6. The van der Waals surface area contributed by atoms with E-state index in [-0.39, 0.29) is 17.7 Å². The summed E-state index contributed by atoms with van der Waals surface area (Å²) >= 11 is 0. The lowest BCUT2D eigenvalue weighted by Crippen LogP contribution is -2.39. The first-order valence-electron chi connectivity index (χ1n) is 7.19. The molecule has 1 aliphatic rings. The number of carbonyl (C=O) groups excluding carboxylic acids is 2. The van der Waals surface area contributed by atoms with Gasteiger partial charge in [-0.3, -0.25) is 14.3 Å². The van der Waals surface area contributed by atoms with Crippen LogP contribution in [0.25, 0.3) is 0 Å². The number of carbonyl (C=O) groups is 2. The Bertz CT molecular complexity index is 458. The molecule has 1 saturated heterocycles. The number of likely N-dealkylation sites (tertiary alicyclic amines) is 1. The van der Waals surface area contributed by atoms with Crippen molar-refractivity contribution in [3.8, 4) is 0 Å². The van der Waals surface area contributed by atoms with Crippen LogP contribution in [0.15, 0.2) is 18.5 Å². The molecule has 0 aromatic carbocycles. The summed E-state index contributed by atoms with van der Waals surface area (Å²) in [5.41, 5.74) is 0. The molecule has 110 valence electrons. The van der Waals surface area contributed by atoms with Gasteiger partial charge in [0.1, 0.15) is 0 Å². The number of rotatable bonds is 6. The van der Waals surface area contributed by atoms with Gasteiger partial charge in [-0.05, 0) is 19.9 Å². The Morgan fingerprint density at radius 2 is 2.30 bits per heavy atom. The van der Waals surface area contributed by atoms with Gasteiger partial charge in [-0.25, -0.2) is 0 Å². The second-order valence-corrected chi connectivity index (χ2v) is 5.02. The minimum Gasteiger partial charge on any atom is -0.342 e. The van der Waals surface area contributed by atoms with Gasteiger partial charge in [-0.1, -0.05) is 0 Å². The lowest BCUT2D eigenvalue weighted by Gasteiger charge is -2.24. The number of nitrogens with zero attached hydrogens (tertiary/aromatic N) is 4. The van der Waals surface area contributed by atoms with Gasteiger partial charge in [-0.15, -0.1) is 0 Å². The fraction of sp³-hybridized carbons (Fsp3) is 0.643. The van der Waals surface area contributed by atoms with Crippen LogP contribution >= 0.6 is 0 Å². The molecule has 1 aromatic rings. The maximum atomic E-state index is 12.5. The maximum Gasteiger partial charge on any atom is 0.228 e. The number of hydrogen-bond acceptors (Lipinski definition) is 3. The van der Waals surface area contributed by atoms with Crippen LogP contribution in [-0.2, 0) is 16.1 Å². The van der Waals surface area contributed by atoms with Crippen molar-refractivity contribution in [2.45, 2.75) is 26.8 Å². The van der Waals surface area contributed by atoms with Crippen LogP contribution < -0.4 is 0 Å². The molecule has 0 spiro atoms. The fourth-order valence-electron chi connectivity index (χ4n) is 2.58. The standard InChI is InChI=1S/C14H22N4O2/c1-3-16(8-9-18-7-5-6-15-18)14(20)12-10-13(19)17(4-2)11-12/h5-7,12H,3-4,8-11H2,1-2H3. The Morgan fingerprint density at radius 3 is 2.85 bits per heavy atom. The molecule has 1 atom stereocenters. The molecule has 0 N–H and O–H groups in total. The van der Waals surface area contributed by atoms with Crippen molar-refractivity contribution in [3.05, 3.63) is 18.5 Å². The van der Waals surface area contributed by atoms with Gasteiger partial charge in [0.05, 0.1) is 12.5 Å². The highest BCUT2D eigenvalue weighted by atomic mass is 16.2. The molecule has 2 amide bonds. The third-order valence-corrected chi connectivity index (χ3v) is 3.80. The molecule has 6 nitrogen and oxygen atoms in total. The Labute approximate surface area is 119 Å². The smallest absolute Gasteiger partial charge is 0.228 e. The molecule has 1 unspecified atom stereocenters. The molecule has 0 radical (unpaired) electrons. The third-order valence-electron chi connectivity index (χ3n) is 3.80. The van der Waals surface area contributed by atoms with Gasteiger partial charge in [0.15, 0.2) is 0 Å². The summed E-state index contributed by atoms with van der Waals surface area (Å²) in [5, 5.41) is 4.13. The normalized spacial score (nSPS) is 18.6. The summed E-state index contributed by atoms with van der Waals surface area (Å²) in [6, 6.07) is 1.87. The van der Waals surface area contributed by atoms with E-state index in [0.717, 1.165) is 0 Å². The highest BCUT2D eigenvalue weighted by molar-refractivity contribution is 5.89. The SMILES string of the molecule is CCN1CC(C(=O)N(CC)CCn2cccn2)CC1=O. The van der Waals surface area contributed by atoms with Crippen molar-refractivity contribution < 1.29 is 9.59 Å². The second kappa shape index (κ2) is 6.54. The van der Waals surface area contributed by atoms with Crippen molar-refractivity contribution in [1.29, 1.82) is 0 Å². The van der Waals surface area contributed by atoms with Crippen LogP contribution in [0.5, 0.6) is 0 Å². The number of amides is 2. The minimum atomic E-state index is -0.181. The van der Waals surface area contributed by atoms with E-state index in [1.165, 1.54) is 0 Å². The molecule has 1 aromatic heterocycles. The molecule has 0 saturated carbocycles. The van der Waals surface area contributed by atoms with Gasteiger partial charge < -0.3 is 9.80 Å². The van der Waals surface area contributed by atoms with E-state index >= 15 is 0 Å². The Hall–Kier alpha value is -1.85. The Morgan fingerprint density at radius 1 is 1.50 bits per heavy atom. The highest BCUT2D eigenvalue weighted by Gasteiger charge is 2.35. The van der Waals surface area contributed by atoms with Crippen LogP contribution in [0, 0.1) is 5.92 Å². The van der Waals surface area contributed by atoms with E-state index in [0.29, 0.717) is 39.1 Å². The van der Waals surface area contributed by atoms with Gasteiger partial charge in [0.2, 0.25) is 11.8 Å². The van der Waals surface area contributed by atoms with E-state index in [1.807, 2.05) is 35.7 Å². The quantitative estimate of drug-likeness (QED) is 0.765. The fourth-order valence-corrected chi connectivity index (χ4v) is 2.58. The Balaban J connectivity index is 1.90. The van der Waals surface area contributed by atoms with Crippen LogP contribution in [-0.4, -0.2) is 57.6 Å². The average molecular weight is 278 g/mol. The lowest BCUT2D eigenvalue weighted by atomic mass is 10.1. The zero-order valence-electron chi connectivity index (χ0n) is 12.2. The molecule has 2 rings (SSSR count). The predicted octanol–water partition coefficient (Wildman–Crippen LogP) is 0.600. The monoisotopic (exact) mass is 278 g/mol. The zero-order valence-corrected chi connectivity index (χ0v) is 12.2. The predicted molar refractivity (Wildman–Crippen MR) is 74.8 cm³/mol. The van der Waals surface area contributed by atoms with E-state index in [4.69, 9.17) is 0 Å². The number of likely N-dealkylation sites (N-methyl/N-ethyl adjacent to an activating group) is 1. The molecule has 20 heavy (non-hydrogen) atoms. The van der Waals surface area contributed by atoms with E-state index in [9.17, 15) is 9.59 Å². The zero-order chi connectivity index (χ0) is 14.5. The summed E-state index contributed by atoms with van der Waals surface area (Å²) in [6.07, 6.45) is 3.97. The maximum absolute atomic E-state index is 12.5. The first-order chi connectivity index (χ1) is 9.65. The van der Waals surface area contributed by atoms with Crippen molar-refractivity contribution in [2.75, 3.05) is 26.2 Å². The largest absolute Gasteiger partial charge is 0.342 e. The molecular formula is C14H22N4O2. The van der Waals surface area contributed by atoms with Gasteiger partial charge in [0.25, 0.3) is 0 Å². The number of hydrogen-bond donors (Lipinski definition) is 0. The molecular weight excluding hydrogens is 256 g/mol. The van der Waals surface area contributed by atoms with Crippen LogP contribution in [0.1, 0.15) is 20.3 Å². The van der Waals surface area contributed by atoms with Crippen molar-refractivity contribution in [2.24, 2.45) is 5.92 Å². The average Bonchev–Trinajstić information content (AvgIpc) is 3.08. The van der Waals surface area contributed by atoms with E-state index in [2.05, 4.69) is 5.10 Å². The van der Waals surface area contributed by atoms with E-state index in [1.54, 1.807) is 11.1 Å². The summed E-state index contributed by atoms with van der Waals surface area (Å²) in [5.74, 6) is -0.00189. The molecule has 0 bridgehead atoms. The van der Waals surface area contributed by atoms with Crippen molar-refractivity contribution >= 4 is 11.8 Å². The van der Waals surface area contributed by atoms with Crippen LogP contribution in [0.2, 0.25) is 0 Å². The second-order valence-electron chi connectivity index (χ2n) is 5.02. The first-order valence-corrected chi connectivity index (χ1v) is 7.19. The van der Waals surface area contributed by atoms with Crippen molar-refractivity contribution in [1.82, 2.24) is 19.6 Å². The van der Waals surface area contributed by atoms with E-state index < -0.39 is 0 Å². The lowest BCUT2D eigenvalue weighted by molar-refractivity contribution is -0.135. The van der Waals surface area contributed by atoms with Gasteiger partial charge >= 0.3 is 0 Å². The van der Waals surface area contributed by atoms with Crippen LogP contribution in [0.3, 0.4) is 0 Å². The Kier molecular flexibility index (Phi) is 4.76. The summed E-state index contributed by atoms with van der Waals surface area (Å²) in [4.78, 5) is 27.7. The van der Waals surface area contributed by atoms with Gasteiger partial charge in [0, 0.05) is 45.0 Å². The van der Waals surface area contributed by atoms with Crippen LogP contribution in [0.4, 0.5) is 0 Å². The highest BCUT2D eigenvalue weighted by Crippen LogP contribution is 2.19. The topological polar surface area (TPSA) is 58.4 Å².